The fraction of sp³-hybridized carbons (Fsp3) is 0.545. The molecule has 1 heterocycles. The van der Waals surface area contributed by atoms with Gasteiger partial charge in [0.25, 0.3) is 6.43 Å². The van der Waals surface area contributed by atoms with Crippen molar-refractivity contribution in [2.24, 2.45) is 0 Å². The van der Waals surface area contributed by atoms with E-state index >= 15 is 0 Å². The van der Waals surface area contributed by atoms with E-state index in [0.29, 0.717) is 5.69 Å². The number of hydrogen-bond donors (Lipinski definition) is 0. The monoisotopic (exact) mass is 258 g/mol. The molecule has 0 saturated carbocycles. The van der Waals surface area contributed by atoms with Crippen LogP contribution in [0.5, 0.6) is 0 Å². The Kier molecular flexibility index (Phi) is 3.40. The highest BCUT2D eigenvalue weighted by atomic mass is 19.3. The van der Waals surface area contributed by atoms with Gasteiger partial charge in [-0.1, -0.05) is 0 Å². The van der Waals surface area contributed by atoms with Gasteiger partial charge >= 0.3 is 5.97 Å². The number of carbonyl (C=O) groups excluding carboxylic acids is 2. The number of esters is 1. The maximum atomic E-state index is 12.7. The van der Waals surface area contributed by atoms with Crippen LogP contribution in [0.2, 0.25) is 0 Å². The lowest BCUT2D eigenvalue weighted by atomic mass is 10.2. The molecule has 0 aromatic carbocycles. The minimum absolute atomic E-state index is 0.0299. The molecule has 98 valence electrons. The summed E-state index contributed by atoms with van der Waals surface area (Å²) < 4.78 is 31.4. The third kappa shape index (κ3) is 2.25. The second-order valence-electron chi connectivity index (χ2n) is 3.97. The molecule has 1 aliphatic rings. The quantitative estimate of drug-likeness (QED) is 0.757. The van der Waals surface area contributed by atoms with Crippen molar-refractivity contribution in [3.05, 3.63) is 17.0 Å². The van der Waals surface area contributed by atoms with Gasteiger partial charge in [0.15, 0.2) is 0 Å². The number of hydrogen-bond acceptors (Lipinski definition) is 4. The molecular formula is C11H12F2N2O3. The molecule has 0 bridgehead atoms. The Balaban J connectivity index is 2.29. The first-order valence-corrected chi connectivity index (χ1v) is 5.56. The standard InChI is InChI=1S/C11H12F2N2O3/c1-2-18-9(17)5-15-8-4-6(16)3-7(8)10(14-15)11(12)13/h11H,2-5H2,1H3. The van der Waals surface area contributed by atoms with Crippen LogP contribution in [0.3, 0.4) is 0 Å². The summed E-state index contributed by atoms with van der Waals surface area (Å²) in [7, 11) is 0. The van der Waals surface area contributed by atoms with Crippen LogP contribution >= 0.6 is 0 Å². The first-order chi connectivity index (χ1) is 8.52. The molecule has 0 aliphatic heterocycles. The van der Waals surface area contributed by atoms with Crippen molar-refractivity contribution in [2.45, 2.75) is 32.7 Å². The highest BCUT2D eigenvalue weighted by molar-refractivity contribution is 5.88. The summed E-state index contributed by atoms with van der Waals surface area (Å²) in [6.45, 7) is 1.62. The fourth-order valence-corrected chi connectivity index (χ4v) is 2.03. The third-order valence-corrected chi connectivity index (χ3v) is 2.73. The van der Waals surface area contributed by atoms with E-state index in [9.17, 15) is 18.4 Å². The molecule has 1 aliphatic carbocycles. The van der Waals surface area contributed by atoms with Gasteiger partial charge in [0, 0.05) is 18.4 Å². The Morgan fingerprint density at radius 2 is 2.22 bits per heavy atom. The first kappa shape index (κ1) is 12.7. The zero-order valence-electron chi connectivity index (χ0n) is 9.78. The zero-order chi connectivity index (χ0) is 13.3. The van der Waals surface area contributed by atoms with Gasteiger partial charge in [0.2, 0.25) is 0 Å². The first-order valence-electron chi connectivity index (χ1n) is 5.56. The predicted octanol–water partition coefficient (Wildman–Crippen LogP) is 1.05. The van der Waals surface area contributed by atoms with E-state index in [0.717, 1.165) is 4.68 Å². The number of fused-ring (bicyclic) bond motifs is 1. The Labute approximate surface area is 102 Å². The number of halogens is 2. The number of ether oxygens (including phenoxy) is 1. The number of aromatic nitrogens is 2. The highest BCUT2D eigenvalue weighted by Crippen LogP contribution is 2.29. The second-order valence-corrected chi connectivity index (χ2v) is 3.97. The highest BCUT2D eigenvalue weighted by Gasteiger charge is 2.31. The van der Waals surface area contributed by atoms with E-state index in [1.165, 1.54) is 0 Å². The van der Waals surface area contributed by atoms with Crippen molar-refractivity contribution in [1.82, 2.24) is 9.78 Å². The summed E-state index contributed by atoms with van der Waals surface area (Å²) in [6, 6.07) is 0. The molecule has 0 N–H and O–H groups in total. The van der Waals surface area contributed by atoms with Crippen LogP contribution in [0.4, 0.5) is 8.78 Å². The molecular weight excluding hydrogens is 246 g/mol. The zero-order valence-corrected chi connectivity index (χ0v) is 9.78. The van der Waals surface area contributed by atoms with Crippen LogP contribution in [0.15, 0.2) is 0 Å². The van der Waals surface area contributed by atoms with Crippen LogP contribution in [0.25, 0.3) is 0 Å². The lowest BCUT2D eigenvalue weighted by molar-refractivity contribution is -0.144. The van der Waals surface area contributed by atoms with Crippen molar-refractivity contribution in [3.8, 4) is 0 Å². The summed E-state index contributed by atoms with van der Waals surface area (Å²) in [4.78, 5) is 22.6. The minimum Gasteiger partial charge on any atom is -0.465 e. The molecule has 1 aromatic rings. The van der Waals surface area contributed by atoms with Crippen molar-refractivity contribution in [2.75, 3.05) is 6.61 Å². The predicted molar refractivity (Wildman–Crippen MR) is 56.2 cm³/mol. The van der Waals surface area contributed by atoms with Crippen molar-refractivity contribution < 1.29 is 23.1 Å². The Bertz CT molecular complexity index is 497. The smallest absolute Gasteiger partial charge is 0.327 e. The second kappa shape index (κ2) is 4.83. The Morgan fingerprint density at radius 3 is 2.83 bits per heavy atom. The van der Waals surface area contributed by atoms with E-state index in [2.05, 4.69) is 5.10 Å². The minimum atomic E-state index is -2.74. The van der Waals surface area contributed by atoms with Crippen LogP contribution in [0.1, 0.15) is 30.3 Å². The molecule has 0 saturated heterocycles. The van der Waals surface area contributed by atoms with E-state index in [-0.39, 0.29) is 37.3 Å². The number of nitrogens with zero attached hydrogens (tertiary/aromatic N) is 2. The lowest BCUT2D eigenvalue weighted by Crippen LogP contribution is -2.17. The van der Waals surface area contributed by atoms with Crippen LogP contribution < -0.4 is 0 Å². The fourth-order valence-electron chi connectivity index (χ4n) is 2.03. The van der Waals surface area contributed by atoms with Gasteiger partial charge in [-0.05, 0) is 6.92 Å². The molecule has 0 fully saturated rings. The Hall–Kier alpha value is -1.79. The Morgan fingerprint density at radius 1 is 1.50 bits per heavy atom. The maximum Gasteiger partial charge on any atom is 0.327 e. The molecule has 7 heteroatoms. The summed E-state index contributed by atoms with van der Waals surface area (Å²) in [5.41, 5.74) is 0.266. The SMILES string of the molecule is CCOC(=O)Cn1nc(C(F)F)c2c1CC(=O)C2. The van der Waals surface area contributed by atoms with Crippen molar-refractivity contribution in [1.29, 1.82) is 0 Å². The van der Waals surface area contributed by atoms with Gasteiger partial charge in [0.1, 0.15) is 18.0 Å². The third-order valence-electron chi connectivity index (χ3n) is 2.73. The molecule has 0 atom stereocenters. The normalized spacial score (nSPS) is 14.1. The van der Waals surface area contributed by atoms with Crippen LogP contribution in [-0.4, -0.2) is 28.1 Å². The molecule has 1 aromatic heterocycles. The summed E-state index contributed by atoms with van der Waals surface area (Å²) in [6.07, 6.45) is -2.72. The van der Waals surface area contributed by atoms with Crippen molar-refractivity contribution >= 4 is 11.8 Å². The molecule has 2 rings (SSSR count). The maximum absolute atomic E-state index is 12.7. The number of rotatable bonds is 4. The van der Waals surface area contributed by atoms with E-state index in [4.69, 9.17) is 4.74 Å². The molecule has 0 spiro atoms. The average molecular weight is 258 g/mol. The number of Topliss-reactive ketones (excluding diaryl/α,β-unsaturated/α-hetero) is 1. The molecule has 0 radical (unpaired) electrons. The van der Waals surface area contributed by atoms with Gasteiger partial charge < -0.3 is 4.74 Å². The molecule has 0 unspecified atom stereocenters. The van der Waals surface area contributed by atoms with Crippen molar-refractivity contribution in [3.63, 3.8) is 0 Å². The number of alkyl halides is 2. The summed E-state index contributed by atoms with van der Waals surface area (Å²) in [5.74, 6) is -0.690. The molecule has 18 heavy (non-hydrogen) atoms. The van der Waals surface area contributed by atoms with Gasteiger partial charge in [-0.2, -0.15) is 5.10 Å². The van der Waals surface area contributed by atoms with Gasteiger partial charge in [0.05, 0.1) is 12.3 Å². The van der Waals surface area contributed by atoms with Gasteiger partial charge in [-0.25, -0.2) is 8.78 Å². The van der Waals surface area contributed by atoms with Gasteiger partial charge in [-0.3, -0.25) is 14.3 Å². The van der Waals surface area contributed by atoms with E-state index < -0.39 is 18.1 Å². The van der Waals surface area contributed by atoms with Crippen LogP contribution in [-0.2, 0) is 33.7 Å². The summed E-state index contributed by atoms with van der Waals surface area (Å²) in [5, 5.41) is 3.70. The number of ketones is 1. The van der Waals surface area contributed by atoms with E-state index in [1.807, 2.05) is 0 Å². The van der Waals surface area contributed by atoms with E-state index in [1.54, 1.807) is 6.92 Å². The topological polar surface area (TPSA) is 61.2 Å². The molecule has 5 nitrogen and oxygen atoms in total. The molecule has 0 amide bonds. The largest absolute Gasteiger partial charge is 0.465 e. The average Bonchev–Trinajstić information content (AvgIpc) is 2.78. The summed E-state index contributed by atoms with van der Waals surface area (Å²) >= 11 is 0. The lowest BCUT2D eigenvalue weighted by Gasteiger charge is -2.04. The number of carbonyl (C=O) groups is 2. The van der Waals surface area contributed by atoms with Gasteiger partial charge in [-0.15, -0.1) is 0 Å². The van der Waals surface area contributed by atoms with Crippen LogP contribution in [0, 0.1) is 0 Å².